The van der Waals surface area contributed by atoms with Gasteiger partial charge in [0.2, 0.25) is 0 Å². The first-order chi connectivity index (χ1) is 8.24. The minimum absolute atomic E-state index is 0.598. The summed E-state index contributed by atoms with van der Waals surface area (Å²) in [6, 6.07) is 6.11. The van der Waals surface area contributed by atoms with Gasteiger partial charge < -0.3 is 10.6 Å². The molecule has 0 saturated heterocycles. The van der Waals surface area contributed by atoms with E-state index in [1.807, 2.05) is 18.3 Å². The van der Waals surface area contributed by atoms with Crippen LogP contribution in [0, 0.1) is 0 Å². The summed E-state index contributed by atoms with van der Waals surface area (Å²) in [6.45, 7) is 1.85. The average Bonchev–Trinajstić information content (AvgIpc) is 2.88. The van der Waals surface area contributed by atoms with Gasteiger partial charge in [-0.15, -0.1) is 11.3 Å². The number of hydrogen-bond donors (Lipinski definition) is 1. The van der Waals surface area contributed by atoms with Gasteiger partial charge in [-0.3, -0.25) is 0 Å². The largest absolute Gasteiger partial charge is 0.397 e. The first-order valence-electron chi connectivity index (χ1n) is 5.46. The first kappa shape index (κ1) is 10.9. The lowest BCUT2D eigenvalue weighted by molar-refractivity contribution is 0.845. The predicted molar refractivity (Wildman–Crippen MR) is 72.7 cm³/mol. The summed E-state index contributed by atoms with van der Waals surface area (Å²) in [5.74, 6) is 0. The SMILES string of the molecule is Nc1cccc2c1N(Cc1cnc(Cl)s1)CC2. The van der Waals surface area contributed by atoms with Crippen LogP contribution in [0.25, 0.3) is 0 Å². The van der Waals surface area contributed by atoms with Crippen molar-refractivity contribution in [2.45, 2.75) is 13.0 Å². The zero-order chi connectivity index (χ0) is 11.8. The van der Waals surface area contributed by atoms with E-state index < -0.39 is 0 Å². The Morgan fingerprint density at radius 2 is 2.35 bits per heavy atom. The van der Waals surface area contributed by atoms with Crippen molar-refractivity contribution in [3.05, 3.63) is 39.3 Å². The third-order valence-electron chi connectivity index (χ3n) is 2.99. The molecule has 5 heteroatoms. The van der Waals surface area contributed by atoms with Crippen molar-refractivity contribution in [3.63, 3.8) is 0 Å². The Kier molecular flexibility index (Phi) is 2.68. The van der Waals surface area contributed by atoms with E-state index in [-0.39, 0.29) is 0 Å². The lowest BCUT2D eigenvalue weighted by Crippen LogP contribution is -2.19. The van der Waals surface area contributed by atoms with Gasteiger partial charge in [-0.25, -0.2) is 4.98 Å². The van der Waals surface area contributed by atoms with Crippen molar-refractivity contribution in [2.75, 3.05) is 17.2 Å². The number of hydrogen-bond acceptors (Lipinski definition) is 4. The zero-order valence-corrected chi connectivity index (χ0v) is 10.8. The maximum Gasteiger partial charge on any atom is 0.183 e. The molecule has 0 amide bonds. The molecule has 0 saturated carbocycles. The van der Waals surface area contributed by atoms with Crippen LogP contribution in [0.2, 0.25) is 4.47 Å². The topological polar surface area (TPSA) is 42.1 Å². The van der Waals surface area contributed by atoms with Crippen LogP contribution in [0.3, 0.4) is 0 Å². The number of nitrogens with zero attached hydrogens (tertiary/aromatic N) is 2. The van der Waals surface area contributed by atoms with Gasteiger partial charge in [0.25, 0.3) is 0 Å². The second kappa shape index (κ2) is 4.20. The third kappa shape index (κ3) is 1.98. The van der Waals surface area contributed by atoms with Crippen LogP contribution in [0.5, 0.6) is 0 Å². The van der Waals surface area contributed by atoms with E-state index in [2.05, 4.69) is 16.0 Å². The Labute approximate surface area is 109 Å². The van der Waals surface area contributed by atoms with Gasteiger partial charge in [0.1, 0.15) is 0 Å². The summed E-state index contributed by atoms with van der Waals surface area (Å²) in [6.07, 6.45) is 2.90. The number of fused-ring (bicyclic) bond motifs is 1. The molecule has 2 heterocycles. The van der Waals surface area contributed by atoms with Gasteiger partial charge in [-0.05, 0) is 18.1 Å². The molecule has 1 aliphatic heterocycles. The fourth-order valence-corrected chi connectivity index (χ4v) is 3.26. The van der Waals surface area contributed by atoms with Crippen LogP contribution in [0.1, 0.15) is 10.4 Å². The van der Waals surface area contributed by atoms with E-state index in [0.717, 1.165) is 25.2 Å². The Morgan fingerprint density at radius 1 is 1.47 bits per heavy atom. The third-order valence-corrected chi connectivity index (χ3v) is 4.09. The molecule has 1 aromatic heterocycles. The van der Waals surface area contributed by atoms with Gasteiger partial charge in [0.05, 0.1) is 17.9 Å². The molecule has 0 bridgehead atoms. The van der Waals surface area contributed by atoms with Crippen LogP contribution < -0.4 is 10.6 Å². The molecule has 0 aliphatic carbocycles. The van der Waals surface area contributed by atoms with E-state index >= 15 is 0 Å². The van der Waals surface area contributed by atoms with Crippen molar-refractivity contribution in [1.82, 2.24) is 4.98 Å². The molecule has 0 spiro atoms. The van der Waals surface area contributed by atoms with Gasteiger partial charge in [-0.2, -0.15) is 0 Å². The standard InChI is InChI=1S/C12H12ClN3S/c13-12-15-6-9(17-12)7-16-5-4-8-2-1-3-10(14)11(8)16/h1-3,6H,4-5,7,14H2. The van der Waals surface area contributed by atoms with Crippen molar-refractivity contribution >= 4 is 34.3 Å². The van der Waals surface area contributed by atoms with Crippen LogP contribution in [-0.2, 0) is 13.0 Å². The molecule has 0 radical (unpaired) electrons. The van der Waals surface area contributed by atoms with Gasteiger partial charge >= 0.3 is 0 Å². The zero-order valence-electron chi connectivity index (χ0n) is 9.19. The summed E-state index contributed by atoms with van der Waals surface area (Å²) in [7, 11) is 0. The molecule has 1 aromatic carbocycles. The van der Waals surface area contributed by atoms with Crippen LogP contribution in [-0.4, -0.2) is 11.5 Å². The van der Waals surface area contributed by atoms with E-state index in [1.165, 1.54) is 27.5 Å². The second-order valence-corrected chi connectivity index (χ2v) is 5.80. The van der Waals surface area contributed by atoms with E-state index in [0.29, 0.717) is 4.47 Å². The van der Waals surface area contributed by atoms with Crippen molar-refractivity contribution in [3.8, 4) is 0 Å². The first-order valence-corrected chi connectivity index (χ1v) is 6.66. The number of benzene rings is 1. The fourth-order valence-electron chi connectivity index (χ4n) is 2.27. The van der Waals surface area contributed by atoms with Crippen molar-refractivity contribution in [1.29, 1.82) is 0 Å². The number of nitrogens with two attached hydrogens (primary N) is 1. The Balaban J connectivity index is 1.89. The fraction of sp³-hybridized carbons (Fsp3) is 0.250. The summed E-state index contributed by atoms with van der Waals surface area (Å²) in [5.41, 5.74) is 9.41. The van der Waals surface area contributed by atoms with E-state index in [4.69, 9.17) is 17.3 Å². The van der Waals surface area contributed by atoms with E-state index in [1.54, 1.807) is 0 Å². The quantitative estimate of drug-likeness (QED) is 0.849. The van der Waals surface area contributed by atoms with Gasteiger partial charge in [0, 0.05) is 17.6 Å². The number of para-hydroxylation sites is 1. The average molecular weight is 266 g/mol. The molecule has 17 heavy (non-hydrogen) atoms. The molecule has 0 unspecified atom stereocenters. The molecule has 0 atom stereocenters. The Hall–Kier alpha value is -1.26. The predicted octanol–water partition coefficient (Wildman–Crippen LogP) is 2.94. The summed E-state index contributed by atoms with van der Waals surface area (Å²) in [5, 5.41) is 0. The highest BCUT2D eigenvalue weighted by Gasteiger charge is 2.21. The number of thiazole rings is 1. The smallest absolute Gasteiger partial charge is 0.183 e. The minimum atomic E-state index is 0.598. The summed E-state index contributed by atoms with van der Waals surface area (Å²) in [4.78, 5) is 7.54. The highest BCUT2D eigenvalue weighted by atomic mass is 35.5. The number of anilines is 2. The molecule has 2 aromatic rings. The lowest BCUT2D eigenvalue weighted by atomic mass is 10.1. The maximum absolute atomic E-state index is 6.04. The van der Waals surface area contributed by atoms with Gasteiger partial charge in [0.15, 0.2) is 4.47 Å². The maximum atomic E-state index is 6.04. The monoisotopic (exact) mass is 265 g/mol. The Bertz CT molecular complexity index is 552. The second-order valence-electron chi connectivity index (χ2n) is 4.11. The molecular weight excluding hydrogens is 254 g/mol. The highest BCUT2D eigenvalue weighted by Crippen LogP contribution is 2.35. The molecule has 1 aliphatic rings. The molecule has 0 fully saturated rings. The summed E-state index contributed by atoms with van der Waals surface area (Å²) < 4.78 is 0.598. The van der Waals surface area contributed by atoms with Crippen molar-refractivity contribution in [2.24, 2.45) is 0 Å². The van der Waals surface area contributed by atoms with Crippen molar-refractivity contribution < 1.29 is 0 Å². The van der Waals surface area contributed by atoms with Crippen LogP contribution in [0.15, 0.2) is 24.4 Å². The Morgan fingerprint density at radius 3 is 3.12 bits per heavy atom. The number of rotatable bonds is 2. The normalized spacial score (nSPS) is 14.1. The van der Waals surface area contributed by atoms with E-state index in [9.17, 15) is 0 Å². The lowest BCUT2D eigenvalue weighted by Gasteiger charge is -2.19. The minimum Gasteiger partial charge on any atom is -0.397 e. The number of halogens is 1. The number of nitrogen functional groups attached to an aromatic ring is 1. The van der Waals surface area contributed by atoms with Crippen LogP contribution >= 0.6 is 22.9 Å². The van der Waals surface area contributed by atoms with Gasteiger partial charge in [-0.1, -0.05) is 23.7 Å². The molecule has 3 rings (SSSR count). The van der Waals surface area contributed by atoms with Crippen LogP contribution in [0.4, 0.5) is 11.4 Å². The molecule has 88 valence electrons. The molecule has 2 N–H and O–H groups in total. The molecule has 3 nitrogen and oxygen atoms in total. The highest BCUT2D eigenvalue weighted by molar-refractivity contribution is 7.15. The summed E-state index contributed by atoms with van der Waals surface area (Å²) >= 11 is 7.37. The number of aromatic nitrogens is 1. The molecular formula is C12H12ClN3S.